The molecule has 1 aliphatic heterocycles. The second-order valence-corrected chi connectivity index (χ2v) is 3.10. The largest absolute Gasteiger partial charge is 0.497 e. The molecule has 0 aliphatic carbocycles. The molecule has 1 heterocycles. The Morgan fingerprint density at radius 1 is 1.38 bits per heavy atom. The zero-order valence-electron chi connectivity index (χ0n) is 7.41. The third-order valence-corrected chi connectivity index (χ3v) is 2.24. The molecule has 1 fully saturated rings. The molecule has 1 amide bonds. The molecule has 0 unspecified atom stereocenters. The van der Waals surface area contributed by atoms with Crippen LogP contribution in [0, 0.1) is 0 Å². The zero-order valence-corrected chi connectivity index (χ0v) is 7.41. The van der Waals surface area contributed by atoms with Gasteiger partial charge >= 0.3 is 0 Å². The first-order valence-corrected chi connectivity index (χ1v) is 4.23. The van der Waals surface area contributed by atoms with Crippen LogP contribution in [-0.2, 0) is 4.79 Å². The summed E-state index contributed by atoms with van der Waals surface area (Å²) < 4.78 is 5.03. The van der Waals surface area contributed by atoms with E-state index in [-0.39, 0.29) is 11.9 Å². The van der Waals surface area contributed by atoms with E-state index in [0.717, 1.165) is 11.3 Å². The molecule has 3 heteroatoms. The first-order valence-electron chi connectivity index (χ1n) is 4.23. The van der Waals surface area contributed by atoms with E-state index in [9.17, 15) is 4.79 Å². The predicted molar refractivity (Wildman–Crippen MR) is 48.5 cm³/mol. The number of hydrogen-bond donors (Lipinski definition) is 1. The standard InChI is InChI=1S/C10H11NO2/c1-13-8-4-2-7(3-5-8)9-6-10(12)11-9/h2-5,9H,6H2,1H3,(H,11,12)/t9-/m0/s1. The van der Waals surface area contributed by atoms with Crippen molar-refractivity contribution in [1.82, 2.24) is 5.32 Å². The highest BCUT2D eigenvalue weighted by Crippen LogP contribution is 2.25. The molecule has 0 saturated carbocycles. The molecule has 0 bridgehead atoms. The molecule has 1 N–H and O–H groups in total. The normalized spacial score (nSPS) is 20.4. The second-order valence-electron chi connectivity index (χ2n) is 3.10. The van der Waals surface area contributed by atoms with E-state index in [2.05, 4.69) is 5.32 Å². The van der Waals surface area contributed by atoms with Crippen molar-refractivity contribution < 1.29 is 9.53 Å². The number of β-lactam (4-membered cyclic amide) rings is 1. The highest BCUT2D eigenvalue weighted by molar-refractivity contribution is 5.83. The number of carbonyl (C=O) groups is 1. The molecule has 1 saturated heterocycles. The molecule has 0 radical (unpaired) electrons. The molecule has 3 nitrogen and oxygen atoms in total. The molecule has 1 aromatic rings. The number of hydrogen-bond acceptors (Lipinski definition) is 2. The van der Waals surface area contributed by atoms with Gasteiger partial charge < -0.3 is 10.1 Å². The maximum atomic E-state index is 10.7. The van der Waals surface area contributed by atoms with Crippen molar-refractivity contribution in [1.29, 1.82) is 0 Å². The smallest absolute Gasteiger partial charge is 0.222 e. The Balaban J connectivity index is 2.10. The van der Waals surface area contributed by atoms with Gasteiger partial charge in [-0.05, 0) is 17.7 Å². The van der Waals surface area contributed by atoms with Crippen LogP contribution in [0.15, 0.2) is 24.3 Å². The second kappa shape index (κ2) is 3.09. The monoisotopic (exact) mass is 177 g/mol. The maximum absolute atomic E-state index is 10.7. The van der Waals surface area contributed by atoms with Gasteiger partial charge in [0.1, 0.15) is 5.75 Å². The van der Waals surface area contributed by atoms with Gasteiger partial charge in [-0.2, -0.15) is 0 Å². The van der Waals surface area contributed by atoms with E-state index in [1.165, 1.54) is 0 Å². The lowest BCUT2D eigenvalue weighted by Crippen LogP contribution is -2.41. The number of rotatable bonds is 2. The van der Waals surface area contributed by atoms with Gasteiger partial charge in [0, 0.05) is 0 Å². The van der Waals surface area contributed by atoms with Crippen molar-refractivity contribution in [3.8, 4) is 5.75 Å². The van der Waals surface area contributed by atoms with Gasteiger partial charge in [0.15, 0.2) is 0 Å². The van der Waals surface area contributed by atoms with Gasteiger partial charge in [-0.15, -0.1) is 0 Å². The van der Waals surface area contributed by atoms with E-state index in [0.29, 0.717) is 6.42 Å². The Labute approximate surface area is 76.7 Å². The Bertz CT molecular complexity index is 310. The third-order valence-electron chi connectivity index (χ3n) is 2.24. The van der Waals surface area contributed by atoms with E-state index in [1.807, 2.05) is 24.3 Å². The maximum Gasteiger partial charge on any atom is 0.222 e. The lowest BCUT2D eigenvalue weighted by molar-refractivity contribution is -0.128. The summed E-state index contributed by atoms with van der Waals surface area (Å²) in [5, 5.41) is 2.82. The van der Waals surface area contributed by atoms with Crippen molar-refractivity contribution >= 4 is 5.91 Å². The number of carbonyl (C=O) groups excluding carboxylic acids is 1. The Morgan fingerprint density at radius 3 is 2.46 bits per heavy atom. The van der Waals surface area contributed by atoms with Gasteiger partial charge in [-0.3, -0.25) is 4.79 Å². The molecule has 0 spiro atoms. The molecule has 2 rings (SSSR count). The van der Waals surface area contributed by atoms with E-state index in [1.54, 1.807) is 7.11 Å². The van der Waals surface area contributed by atoms with Crippen LogP contribution >= 0.6 is 0 Å². The summed E-state index contributed by atoms with van der Waals surface area (Å²) >= 11 is 0. The molecular formula is C10H11NO2. The molecule has 0 aromatic heterocycles. The molecule has 1 aliphatic rings. The minimum atomic E-state index is 0.126. The van der Waals surface area contributed by atoms with Crippen molar-refractivity contribution in [2.45, 2.75) is 12.5 Å². The first-order chi connectivity index (χ1) is 6.29. The average Bonchev–Trinajstić information content (AvgIpc) is 2.13. The minimum Gasteiger partial charge on any atom is -0.497 e. The number of amides is 1. The number of methoxy groups -OCH3 is 1. The number of benzene rings is 1. The number of ether oxygens (including phenoxy) is 1. The summed E-state index contributed by atoms with van der Waals surface area (Å²) in [7, 11) is 1.64. The fraction of sp³-hybridized carbons (Fsp3) is 0.300. The quantitative estimate of drug-likeness (QED) is 0.690. The number of nitrogens with one attached hydrogen (secondary N) is 1. The highest BCUT2D eigenvalue weighted by atomic mass is 16.5. The van der Waals surface area contributed by atoms with Gasteiger partial charge in [-0.25, -0.2) is 0 Å². The van der Waals surface area contributed by atoms with E-state index >= 15 is 0 Å². The van der Waals surface area contributed by atoms with Crippen LogP contribution in [-0.4, -0.2) is 13.0 Å². The van der Waals surface area contributed by atoms with Crippen LogP contribution in [0.25, 0.3) is 0 Å². The molecular weight excluding hydrogens is 166 g/mol. The van der Waals surface area contributed by atoms with E-state index in [4.69, 9.17) is 4.74 Å². The third kappa shape index (κ3) is 1.49. The zero-order chi connectivity index (χ0) is 9.26. The molecule has 1 aromatic carbocycles. The van der Waals surface area contributed by atoms with Crippen molar-refractivity contribution in [3.05, 3.63) is 29.8 Å². The minimum absolute atomic E-state index is 0.126. The summed E-state index contributed by atoms with van der Waals surface area (Å²) in [6.45, 7) is 0. The van der Waals surface area contributed by atoms with Crippen molar-refractivity contribution in [2.24, 2.45) is 0 Å². The molecule has 13 heavy (non-hydrogen) atoms. The van der Waals surface area contributed by atoms with E-state index < -0.39 is 0 Å². The summed E-state index contributed by atoms with van der Waals surface area (Å²) in [4.78, 5) is 10.7. The van der Waals surface area contributed by atoms with Gasteiger partial charge in [0.25, 0.3) is 0 Å². The van der Waals surface area contributed by atoms with Crippen molar-refractivity contribution in [2.75, 3.05) is 7.11 Å². The summed E-state index contributed by atoms with van der Waals surface area (Å²) in [6.07, 6.45) is 0.604. The summed E-state index contributed by atoms with van der Waals surface area (Å²) in [6, 6.07) is 7.96. The fourth-order valence-electron chi connectivity index (χ4n) is 1.40. The van der Waals surface area contributed by atoms with Crippen LogP contribution in [0.2, 0.25) is 0 Å². The van der Waals surface area contributed by atoms with Gasteiger partial charge in [-0.1, -0.05) is 12.1 Å². The van der Waals surface area contributed by atoms with Crippen LogP contribution < -0.4 is 10.1 Å². The molecule has 1 atom stereocenters. The highest BCUT2D eigenvalue weighted by Gasteiger charge is 2.26. The fourth-order valence-corrected chi connectivity index (χ4v) is 1.40. The van der Waals surface area contributed by atoms with Crippen molar-refractivity contribution in [3.63, 3.8) is 0 Å². The summed E-state index contributed by atoms with van der Waals surface area (Å²) in [5.41, 5.74) is 1.14. The van der Waals surface area contributed by atoms with Crippen LogP contribution in [0.1, 0.15) is 18.0 Å². The Kier molecular flexibility index (Phi) is 1.93. The molecule has 68 valence electrons. The van der Waals surface area contributed by atoms with Crippen LogP contribution in [0.5, 0.6) is 5.75 Å². The van der Waals surface area contributed by atoms with Gasteiger partial charge in [0.2, 0.25) is 5.91 Å². The lowest BCUT2D eigenvalue weighted by Gasteiger charge is -2.27. The van der Waals surface area contributed by atoms with Crippen LogP contribution in [0.4, 0.5) is 0 Å². The summed E-state index contributed by atoms with van der Waals surface area (Å²) in [5.74, 6) is 0.968. The Hall–Kier alpha value is -1.51. The predicted octanol–water partition coefficient (Wildman–Crippen LogP) is 1.26. The first kappa shape index (κ1) is 8.10. The van der Waals surface area contributed by atoms with Crippen LogP contribution in [0.3, 0.4) is 0 Å². The Morgan fingerprint density at radius 2 is 2.00 bits per heavy atom. The lowest BCUT2D eigenvalue weighted by atomic mass is 9.97. The SMILES string of the molecule is COc1ccc([C@@H]2CC(=O)N2)cc1. The topological polar surface area (TPSA) is 38.3 Å². The van der Waals surface area contributed by atoms with Gasteiger partial charge in [0.05, 0.1) is 19.6 Å². The average molecular weight is 177 g/mol.